The highest BCUT2D eigenvalue weighted by Crippen LogP contribution is 2.37. The number of thioether (sulfide) groups is 1. The number of hydrogen-bond acceptors (Lipinski definition) is 6. The van der Waals surface area contributed by atoms with Crippen molar-refractivity contribution in [1.29, 1.82) is 0 Å². The third kappa shape index (κ3) is 4.15. The molecule has 0 radical (unpaired) electrons. The average molecular weight is 465 g/mol. The van der Waals surface area contributed by atoms with Crippen LogP contribution in [-0.2, 0) is 4.79 Å². The van der Waals surface area contributed by atoms with Gasteiger partial charge in [0.25, 0.3) is 11.8 Å². The molecule has 2 amide bonds. The molecule has 0 atom stereocenters. The second-order valence-electron chi connectivity index (χ2n) is 5.38. The van der Waals surface area contributed by atoms with Crippen LogP contribution in [0.25, 0.3) is 6.08 Å². The summed E-state index contributed by atoms with van der Waals surface area (Å²) in [6.45, 7) is 0. The molecule has 0 spiro atoms. The number of carbonyl (C=O) groups excluding carboxylic acids is 2. The van der Waals surface area contributed by atoms with Crippen molar-refractivity contribution in [3.63, 3.8) is 0 Å². The van der Waals surface area contributed by atoms with Gasteiger partial charge in [-0.05, 0) is 64.1 Å². The van der Waals surface area contributed by atoms with E-state index in [4.69, 9.17) is 17.0 Å². The molecule has 1 saturated heterocycles. The van der Waals surface area contributed by atoms with Crippen molar-refractivity contribution >= 4 is 62.1 Å². The summed E-state index contributed by atoms with van der Waals surface area (Å²) in [5, 5.41) is 10.9. The zero-order chi connectivity index (χ0) is 19.6. The number of aromatic hydroxyl groups is 1. The molecule has 2 aromatic rings. The van der Waals surface area contributed by atoms with Crippen LogP contribution in [0.3, 0.4) is 0 Å². The van der Waals surface area contributed by atoms with E-state index in [0.29, 0.717) is 20.5 Å². The molecular formula is C18H13BrN2O4S2. The Morgan fingerprint density at radius 3 is 2.70 bits per heavy atom. The standard InChI is InChI=1S/C18H13BrN2O4S2/c1-25-13-8-10(7-12(19)15(13)22)9-14-17(24)21(18(26)27-14)20-16(23)11-5-3-2-4-6-11/h2-9,22H,1H3,(H,20,23)/b14-9-. The second kappa shape index (κ2) is 8.12. The fourth-order valence-corrected chi connectivity index (χ4v) is 3.94. The minimum Gasteiger partial charge on any atom is -0.503 e. The Kier molecular flexibility index (Phi) is 5.83. The Hall–Kier alpha value is -2.36. The lowest BCUT2D eigenvalue weighted by Gasteiger charge is -2.15. The first-order valence-electron chi connectivity index (χ1n) is 7.61. The van der Waals surface area contributed by atoms with Crippen LogP contribution in [0.15, 0.2) is 51.8 Å². The highest BCUT2D eigenvalue weighted by Gasteiger charge is 2.33. The predicted octanol–water partition coefficient (Wildman–Crippen LogP) is 3.71. The van der Waals surface area contributed by atoms with Crippen molar-refractivity contribution in [1.82, 2.24) is 10.4 Å². The van der Waals surface area contributed by atoms with Gasteiger partial charge in [-0.15, -0.1) is 0 Å². The molecule has 9 heteroatoms. The lowest BCUT2D eigenvalue weighted by atomic mass is 10.2. The Bertz CT molecular complexity index is 963. The summed E-state index contributed by atoms with van der Waals surface area (Å²) in [5.41, 5.74) is 3.57. The second-order valence-corrected chi connectivity index (χ2v) is 7.91. The van der Waals surface area contributed by atoms with Crippen molar-refractivity contribution in [2.45, 2.75) is 0 Å². The van der Waals surface area contributed by atoms with Gasteiger partial charge in [0.15, 0.2) is 15.8 Å². The van der Waals surface area contributed by atoms with Crippen molar-refractivity contribution < 1.29 is 19.4 Å². The Balaban J connectivity index is 1.83. The molecule has 0 bridgehead atoms. The molecule has 1 aliphatic heterocycles. The quantitative estimate of drug-likeness (QED) is 0.530. The number of methoxy groups -OCH3 is 1. The number of hydrazine groups is 1. The number of halogens is 1. The van der Waals surface area contributed by atoms with E-state index in [0.717, 1.165) is 16.8 Å². The van der Waals surface area contributed by atoms with Crippen LogP contribution in [-0.4, -0.2) is 33.4 Å². The molecule has 0 aromatic heterocycles. The van der Waals surface area contributed by atoms with Crippen LogP contribution in [0, 0.1) is 0 Å². The number of hydrogen-bond donors (Lipinski definition) is 2. The first-order valence-corrected chi connectivity index (χ1v) is 9.63. The average Bonchev–Trinajstić information content (AvgIpc) is 2.92. The van der Waals surface area contributed by atoms with Gasteiger partial charge in [-0.2, -0.15) is 5.01 Å². The van der Waals surface area contributed by atoms with Crippen LogP contribution in [0.2, 0.25) is 0 Å². The minimum absolute atomic E-state index is 0.0303. The van der Waals surface area contributed by atoms with Gasteiger partial charge in [0.05, 0.1) is 16.5 Å². The number of benzene rings is 2. The molecule has 0 aliphatic carbocycles. The molecule has 1 aliphatic rings. The van der Waals surface area contributed by atoms with Crippen molar-refractivity contribution in [2.75, 3.05) is 7.11 Å². The van der Waals surface area contributed by atoms with Crippen molar-refractivity contribution in [3.8, 4) is 11.5 Å². The summed E-state index contributed by atoms with van der Waals surface area (Å²) in [7, 11) is 1.43. The summed E-state index contributed by atoms with van der Waals surface area (Å²) in [6, 6.07) is 11.8. The van der Waals surface area contributed by atoms with Gasteiger partial charge < -0.3 is 9.84 Å². The van der Waals surface area contributed by atoms with Gasteiger partial charge in [0.1, 0.15) is 0 Å². The van der Waals surface area contributed by atoms with E-state index in [1.54, 1.807) is 48.5 Å². The van der Waals surface area contributed by atoms with Gasteiger partial charge >= 0.3 is 0 Å². The molecule has 3 rings (SSSR count). The largest absolute Gasteiger partial charge is 0.503 e. The van der Waals surface area contributed by atoms with Gasteiger partial charge in [-0.25, -0.2) is 0 Å². The van der Waals surface area contributed by atoms with Crippen LogP contribution in [0.1, 0.15) is 15.9 Å². The Morgan fingerprint density at radius 1 is 1.33 bits per heavy atom. The summed E-state index contributed by atoms with van der Waals surface area (Å²) < 4.78 is 5.76. The maximum atomic E-state index is 12.6. The topological polar surface area (TPSA) is 78.9 Å². The Labute approximate surface area is 173 Å². The number of ether oxygens (including phenoxy) is 1. The Morgan fingerprint density at radius 2 is 2.04 bits per heavy atom. The molecule has 0 unspecified atom stereocenters. The van der Waals surface area contributed by atoms with E-state index in [2.05, 4.69) is 21.4 Å². The maximum absolute atomic E-state index is 12.6. The first-order chi connectivity index (χ1) is 12.9. The molecule has 6 nitrogen and oxygen atoms in total. The first kappa shape index (κ1) is 19.4. The molecule has 1 fully saturated rings. The molecule has 0 saturated carbocycles. The minimum atomic E-state index is -0.433. The molecule has 138 valence electrons. The summed E-state index contributed by atoms with van der Waals surface area (Å²) in [5.74, 6) is -0.625. The fourth-order valence-electron chi connectivity index (χ4n) is 2.30. The van der Waals surface area contributed by atoms with Gasteiger partial charge in [0, 0.05) is 5.56 Å². The SMILES string of the molecule is COc1cc(/C=C2\SC(=S)N(NC(=O)c3ccccc3)C2=O)cc(Br)c1O. The van der Waals surface area contributed by atoms with Gasteiger partial charge in [-0.1, -0.05) is 30.0 Å². The lowest BCUT2D eigenvalue weighted by Crippen LogP contribution is -2.44. The molecule has 2 N–H and O–H groups in total. The smallest absolute Gasteiger partial charge is 0.285 e. The number of thiocarbonyl (C=S) groups is 1. The number of amides is 2. The van der Waals surface area contributed by atoms with Crippen LogP contribution in [0.5, 0.6) is 11.5 Å². The van der Waals surface area contributed by atoms with E-state index in [9.17, 15) is 14.7 Å². The van der Waals surface area contributed by atoms with E-state index >= 15 is 0 Å². The van der Waals surface area contributed by atoms with Gasteiger partial charge in [0.2, 0.25) is 0 Å². The third-order valence-electron chi connectivity index (χ3n) is 3.61. The zero-order valence-electron chi connectivity index (χ0n) is 13.9. The van der Waals surface area contributed by atoms with Gasteiger partial charge in [-0.3, -0.25) is 15.0 Å². The number of nitrogens with zero attached hydrogens (tertiary/aromatic N) is 1. The summed E-state index contributed by atoms with van der Waals surface area (Å²) in [6.07, 6.45) is 1.61. The summed E-state index contributed by atoms with van der Waals surface area (Å²) >= 11 is 9.53. The summed E-state index contributed by atoms with van der Waals surface area (Å²) in [4.78, 5) is 25.3. The van der Waals surface area contributed by atoms with E-state index in [-0.39, 0.29) is 15.8 Å². The van der Waals surface area contributed by atoms with Crippen LogP contribution < -0.4 is 10.2 Å². The number of carbonyl (C=O) groups is 2. The normalized spacial score (nSPS) is 15.3. The number of phenolic OH excluding ortho intramolecular Hbond substituents is 1. The van der Waals surface area contributed by atoms with Crippen LogP contribution >= 0.6 is 39.9 Å². The predicted molar refractivity (Wildman–Crippen MR) is 111 cm³/mol. The molecule has 2 aromatic carbocycles. The molecule has 27 heavy (non-hydrogen) atoms. The van der Waals surface area contributed by atoms with E-state index < -0.39 is 11.8 Å². The monoisotopic (exact) mass is 464 g/mol. The van der Waals surface area contributed by atoms with Crippen molar-refractivity contribution in [2.24, 2.45) is 0 Å². The van der Waals surface area contributed by atoms with Crippen molar-refractivity contribution in [3.05, 3.63) is 63.0 Å². The molecular weight excluding hydrogens is 452 g/mol. The fraction of sp³-hybridized carbons (Fsp3) is 0.0556. The maximum Gasteiger partial charge on any atom is 0.285 e. The molecule has 1 heterocycles. The van der Waals surface area contributed by atoms with E-state index in [1.807, 2.05) is 0 Å². The third-order valence-corrected chi connectivity index (χ3v) is 5.52. The highest BCUT2D eigenvalue weighted by atomic mass is 79.9. The number of nitrogens with one attached hydrogen (secondary N) is 1. The number of rotatable bonds is 4. The highest BCUT2D eigenvalue weighted by molar-refractivity contribution is 9.10. The van der Waals surface area contributed by atoms with Crippen LogP contribution in [0.4, 0.5) is 0 Å². The number of phenols is 1. The zero-order valence-corrected chi connectivity index (χ0v) is 17.2. The van der Waals surface area contributed by atoms with E-state index in [1.165, 1.54) is 7.11 Å². The lowest BCUT2D eigenvalue weighted by molar-refractivity contribution is -0.123.